The molecule has 0 saturated heterocycles. The maximum Gasteiger partial charge on any atom is 0.146 e. The number of hydrogen-bond donors (Lipinski definition) is 0. The van der Waals surface area contributed by atoms with Crippen LogP contribution in [0.2, 0.25) is 0 Å². The molecule has 1 heterocycles. The monoisotopic (exact) mass is 184 g/mol. The molecule has 2 atom stereocenters. The molecule has 0 radical (unpaired) electrons. The third-order valence-corrected chi connectivity index (χ3v) is 2.81. The number of ether oxygens (including phenoxy) is 3. The molecular formula is C10H16O3. The van der Waals surface area contributed by atoms with Crippen LogP contribution < -0.4 is 0 Å². The van der Waals surface area contributed by atoms with Crippen LogP contribution in [0, 0.1) is 0 Å². The first kappa shape index (κ1) is 9.19. The van der Waals surface area contributed by atoms with Gasteiger partial charge in [0, 0.05) is 7.11 Å². The van der Waals surface area contributed by atoms with E-state index in [9.17, 15) is 0 Å². The van der Waals surface area contributed by atoms with Crippen molar-refractivity contribution in [3.63, 3.8) is 0 Å². The second-order valence-corrected chi connectivity index (χ2v) is 3.62. The lowest BCUT2D eigenvalue weighted by molar-refractivity contribution is -0.135. The zero-order chi connectivity index (χ0) is 9.15. The predicted octanol–water partition coefficient (Wildman–Crippen LogP) is 1.48. The van der Waals surface area contributed by atoms with Crippen molar-refractivity contribution in [1.29, 1.82) is 0 Å². The Balaban J connectivity index is 1.97. The van der Waals surface area contributed by atoms with Crippen molar-refractivity contribution in [3.05, 3.63) is 12.2 Å². The van der Waals surface area contributed by atoms with E-state index in [1.807, 2.05) is 0 Å². The first-order valence-electron chi connectivity index (χ1n) is 4.79. The first-order chi connectivity index (χ1) is 6.37. The van der Waals surface area contributed by atoms with Crippen molar-refractivity contribution < 1.29 is 14.2 Å². The molecule has 1 aliphatic carbocycles. The zero-order valence-electron chi connectivity index (χ0n) is 7.99. The lowest BCUT2D eigenvalue weighted by Gasteiger charge is -2.28. The fourth-order valence-corrected chi connectivity index (χ4v) is 2.20. The van der Waals surface area contributed by atoms with Crippen molar-refractivity contribution in [2.75, 3.05) is 20.5 Å². The van der Waals surface area contributed by atoms with Crippen LogP contribution in [0.4, 0.5) is 0 Å². The third kappa shape index (κ3) is 1.64. The van der Waals surface area contributed by atoms with Gasteiger partial charge in [0.2, 0.25) is 0 Å². The van der Waals surface area contributed by atoms with Crippen LogP contribution in [0.5, 0.6) is 0 Å². The van der Waals surface area contributed by atoms with Crippen LogP contribution in [-0.2, 0) is 14.2 Å². The molecule has 2 rings (SSSR count). The highest BCUT2D eigenvalue weighted by atomic mass is 16.7. The van der Waals surface area contributed by atoms with Crippen LogP contribution in [-0.4, -0.2) is 32.2 Å². The predicted molar refractivity (Wildman–Crippen MR) is 48.4 cm³/mol. The maximum atomic E-state index is 5.72. The minimum atomic E-state index is -0.126. The standard InChI is InChI=1S/C10H16O3/c1-11-8-12-9-4-2-5-10(9)6-3-7-13-10/h3,6,9H,2,4-5,7-8H2,1H3/t9-,10-/m1/s1. The van der Waals surface area contributed by atoms with E-state index in [2.05, 4.69) is 12.2 Å². The van der Waals surface area contributed by atoms with E-state index in [0.29, 0.717) is 6.79 Å². The molecule has 0 unspecified atom stereocenters. The van der Waals surface area contributed by atoms with Crippen LogP contribution in [0.1, 0.15) is 19.3 Å². The number of rotatable bonds is 3. The van der Waals surface area contributed by atoms with Crippen molar-refractivity contribution >= 4 is 0 Å². The van der Waals surface area contributed by atoms with Crippen LogP contribution >= 0.6 is 0 Å². The largest absolute Gasteiger partial charge is 0.364 e. The van der Waals surface area contributed by atoms with Crippen LogP contribution in [0.15, 0.2) is 12.2 Å². The van der Waals surface area contributed by atoms with Gasteiger partial charge in [0.25, 0.3) is 0 Å². The minimum absolute atomic E-state index is 0.126. The molecule has 1 fully saturated rings. The van der Waals surface area contributed by atoms with Gasteiger partial charge in [-0.25, -0.2) is 0 Å². The van der Waals surface area contributed by atoms with Gasteiger partial charge in [0.15, 0.2) is 0 Å². The SMILES string of the molecule is COCO[C@@H]1CCC[C@@]12C=CCO2. The minimum Gasteiger partial charge on any atom is -0.364 e. The summed E-state index contributed by atoms with van der Waals surface area (Å²) in [6.07, 6.45) is 7.75. The second kappa shape index (κ2) is 3.78. The molecule has 13 heavy (non-hydrogen) atoms. The van der Waals surface area contributed by atoms with E-state index in [-0.39, 0.29) is 11.7 Å². The van der Waals surface area contributed by atoms with Gasteiger partial charge in [-0.3, -0.25) is 0 Å². The molecule has 1 spiro atoms. The number of methoxy groups -OCH3 is 1. The Labute approximate surface area is 78.7 Å². The molecule has 0 bridgehead atoms. The maximum absolute atomic E-state index is 5.72. The van der Waals surface area contributed by atoms with Gasteiger partial charge in [-0.2, -0.15) is 0 Å². The average molecular weight is 184 g/mol. The summed E-state index contributed by atoms with van der Waals surface area (Å²) in [6, 6.07) is 0. The van der Waals surface area contributed by atoms with Crippen LogP contribution in [0.3, 0.4) is 0 Å². The number of hydrogen-bond acceptors (Lipinski definition) is 3. The molecule has 0 N–H and O–H groups in total. The highest BCUT2D eigenvalue weighted by molar-refractivity contribution is 5.14. The normalized spacial score (nSPS) is 37.8. The highest BCUT2D eigenvalue weighted by Gasteiger charge is 2.44. The molecule has 1 aliphatic heterocycles. The van der Waals surface area contributed by atoms with E-state index in [4.69, 9.17) is 14.2 Å². The van der Waals surface area contributed by atoms with Crippen molar-refractivity contribution in [3.8, 4) is 0 Å². The van der Waals surface area contributed by atoms with Crippen LogP contribution in [0.25, 0.3) is 0 Å². The smallest absolute Gasteiger partial charge is 0.146 e. The molecule has 2 aliphatic rings. The Hall–Kier alpha value is -0.380. The fourth-order valence-electron chi connectivity index (χ4n) is 2.20. The lowest BCUT2D eigenvalue weighted by Crippen LogP contribution is -2.38. The van der Waals surface area contributed by atoms with Gasteiger partial charge >= 0.3 is 0 Å². The van der Waals surface area contributed by atoms with E-state index in [0.717, 1.165) is 19.4 Å². The van der Waals surface area contributed by atoms with Crippen molar-refractivity contribution in [1.82, 2.24) is 0 Å². The second-order valence-electron chi connectivity index (χ2n) is 3.62. The summed E-state index contributed by atoms with van der Waals surface area (Å²) in [6.45, 7) is 1.09. The van der Waals surface area contributed by atoms with E-state index in [1.165, 1.54) is 6.42 Å². The van der Waals surface area contributed by atoms with Crippen molar-refractivity contribution in [2.45, 2.75) is 31.0 Å². The quantitative estimate of drug-likeness (QED) is 0.491. The Morgan fingerprint density at radius 3 is 3.23 bits per heavy atom. The first-order valence-corrected chi connectivity index (χ1v) is 4.79. The van der Waals surface area contributed by atoms with Gasteiger partial charge in [-0.1, -0.05) is 12.2 Å². The molecule has 0 aromatic carbocycles. The highest BCUT2D eigenvalue weighted by Crippen LogP contribution is 2.39. The summed E-state index contributed by atoms with van der Waals surface area (Å²) in [5.74, 6) is 0. The summed E-state index contributed by atoms with van der Waals surface area (Å²) < 4.78 is 16.2. The molecule has 74 valence electrons. The van der Waals surface area contributed by atoms with Gasteiger partial charge in [-0.05, 0) is 19.3 Å². The molecule has 0 aromatic heterocycles. The molecular weight excluding hydrogens is 168 g/mol. The summed E-state index contributed by atoms with van der Waals surface area (Å²) in [7, 11) is 1.65. The summed E-state index contributed by atoms with van der Waals surface area (Å²) in [5.41, 5.74) is -0.126. The molecule has 3 heteroatoms. The summed E-state index contributed by atoms with van der Waals surface area (Å²) in [4.78, 5) is 0. The third-order valence-electron chi connectivity index (χ3n) is 2.81. The Bertz CT molecular complexity index is 202. The molecule has 0 aromatic rings. The van der Waals surface area contributed by atoms with Gasteiger partial charge < -0.3 is 14.2 Å². The Morgan fingerprint density at radius 1 is 1.62 bits per heavy atom. The van der Waals surface area contributed by atoms with Crippen molar-refractivity contribution in [2.24, 2.45) is 0 Å². The van der Waals surface area contributed by atoms with Gasteiger partial charge in [0.1, 0.15) is 12.4 Å². The fraction of sp³-hybridized carbons (Fsp3) is 0.800. The summed E-state index contributed by atoms with van der Waals surface area (Å²) in [5, 5.41) is 0. The Morgan fingerprint density at radius 2 is 2.54 bits per heavy atom. The van der Waals surface area contributed by atoms with E-state index >= 15 is 0 Å². The van der Waals surface area contributed by atoms with Gasteiger partial charge in [0.05, 0.1) is 12.7 Å². The van der Waals surface area contributed by atoms with E-state index < -0.39 is 0 Å². The molecule has 3 nitrogen and oxygen atoms in total. The average Bonchev–Trinajstić information content (AvgIpc) is 2.75. The molecule has 0 amide bonds. The Kier molecular flexibility index (Phi) is 2.67. The topological polar surface area (TPSA) is 27.7 Å². The summed E-state index contributed by atoms with van der Waals surface area (Å²) >= 11 is 0. The zero-order valence-corrected chi connectivity index (χ0v) is 7.99. The van der Waals surface area contributed by atoms with E-state index in [1.54, 1.807) is 7.11 Å². The molecule has 1 saturated carbocycles. The lowest BCUT2D eigenvalue weighted by atomic mass is 10.0. The van der Waals surface area contributed by atoms with Gasteiger partial charge in [-0.15, -0.1) is 0 Å².